The van der Waals surface area contributed by atoms with Crippen molar-refractivity contribution in [1.82, 2.24) is 25.1 Å². The SMILES string of the molecule is CCOC(=O)C12CC1/C=C\CCCCCN(Cc1ccc(OC)cc1)C(=O)N1CC(Oc3nc(-c4ccccc4)nc4c(C)c(OC)ccc34)CC1C(=O)N2. The minimum Gasteiger partial charge on any atom is -0.497 e. The zero-order chi connectivity index (χ0) is 38.5. The molecule has 4 aromatic rings. The number of hydrogen-bond donors (Lipinski definition) is 1. The molecule has 1 aromatic heterocycles. The van der Waals surface area contributed by atoms with Crippen molar-refractivity contribution in [2.45, 2.75) is 76.6 Å². The number of carbonyl (C=O) groups is 3. The number of nitrogens with zero attached hydrogens (tertiary/aromatic N) is 4. The second kappa shape index (κ2) is 16.4. The number of amides is 3. The number of fused-ring (bicyclic) bond motifs is 3. The Morgan fingerprint density at radius 1 is 0.964 bits per heavy atom. The molecule has 288 valence electrons. The van der Waals surface area contributed by atoms with Crippen LogP contribution >= 0.6 is 0 Å². The number of ether oxygens (including phenoxy) is 4. The number of urea groups is 1. The largest absolute Gasteiger partial charge is 0.497 e. The summed E-state index contributed by atoms with van der Waals surface area (Å²) in [6.45, 7) is 4.89. The number of methoxy groups -OCH3 is 2. The van der Waals surface area contributed by atoms with E-state index in [1.54, 1.807) is 26.0 Å². The minimum absolute atomic E-state index is 0.132. The average molecular weight is 748 g/mol. The van der Waals surface area contributed by atoms with E-state index in [-0.39, 0.29) is 31.5 Å². The topological polar surface area (TPSA) is 132 Å². The van der Waals surface area contributed by atoms with E-state index in [1.165, 1.54) is 0 Å². The summed E-state index contributed by atoms with van der Waals surface area (Å²) < 4.78 is 23.2. The highest BCUT2D eigenvalue weighted by atomic mass is 16.5. The van der Waals surface area contributed by atoms with Gasteiger partial charge in [-0.2, -0.15) is 4.98 Å². The van der Waals surface area contributed by atoms with Gasteiger partial charge in [0.1, 0.15) is 29.2 Å². The van der Waals surface area contributed by atoms with Crippen LogP contribution in [-0.4, -0.2) is 89.3 Å². The summed E-state index contributed by atoms with van der Waals surface area (Å²) in [5.41, 5.74) is 2.10. The van der Waals surface area contributed by atoms with E-state index in [4.69, 9.17) is 28.9 Å². The summed E-state index contributed by atoms with van der Waals surface area (Å²) in [7, 11) is 3.24. The second-order valence-corrected chi connectivity index (χ2v) is 14.5. The molecule has 3 aromatic carbocycles. The third-order valence-electron chi connectivity index (χ3n) is 10.8. The Bertz CT molecular complexity index is 2060. The highest BCUT2D eigenvalue weighted by Gasteiger charge is 2.62. The number of allylic oxidation sites excluding steroid dienone is 1. The Labute approximate surface area is 321 Å². The van der Waals surface area contributed by atoms with Crippen molar-refractivity contribution in [3.8, 4) is 28.8 Å². The van der Waals surface area contributed by atoms with Gasteiger partial charge in [0.15, 0.2) is 5.82 Å². The second-order valence-electron chi connectivity index (χ2n) is 14.5. The Kier molecular flexibility index (Phi) is 11.2. The quantitative estimate of drug-likeness (QED) is 0.148. The summed E-state index contributed by atoms with van der Waals surface area (Å²) >= 11 is 0. The van der Waals surface area contributed by atoms with Gasteiger partial charge in [0.05, 0.1) is 38.3 Å². The smallest absolute Gasteiger partial charge is 0.332 e. The van der Waals surface area contributed by atoms with E-state index in [0.29, 0.717) is 47.9 Å². The lowest BCUT2D eigenvalue weighted by Gasteiger charge is -2.32. The standard InChI is InChI=1S/C43H49N5O7/c1-5-54-41(50)43-25-31(43)16-12-7-6-8-13-23-47(26-29-17-19-32(52-3)20-18-29)42(51)48-27-33(24-35(48)39(49)46-43)55-40-34-21-22-36(53-4)28(2)37(34)44-38(45-40)30-14-10-9-11-15-30/h9-12,14-22,31,33,35H,5-8,13,23-27H2,1-4H3,(H,46,49)/b16-12-. The van der Waals surface area contributed by atoms with Crippen LogP contribution in [0.3, 0.4) is 0 Å². The molecule has 1 aliphatic carbocycles. The highest BCUT2D eigenvalue weighted by molar-refractivity contribution is 5.95. The first-order valence-corrected chi connectivity index (χ1v) is 19.2. The van der Waals surface area contributed by atoms with E-state index < -0.39 is 29.6 Å². The summed E-state index contributed by atoms with van der Waals surface area (Å²) in [5, 5.41) is 3.76. The number of aromatic nitrogens is 2. The van der Waals surface area contributed by atoms with E-state index in [9.17, 15) is 14.4 Å². The van der Waals surface area contributed by atoms with E-state index in [2.05, 4.69) is 11.4 Å². The van der Waals surface area contributed by atoms with Crippen LogP contribution in [0.25, 0.3) is 22.3 Å². The van der Waals surface area contributed by atoms with Gasteiger partial charge in [-0.1, -0.05) is 61.0 Å². The molecule has 2 aliphatic heterocycles. The van der Waals surface area contributed by atoms with Crippen LogP contribution in [0.5, 0.6) is 17.4 Å². The lowest BCUT2D eigenvalue weighted by Crippen LogP contribution is -2.55. The molecule has 4 unspecified atom stereocenters. The van der Waals surface area contributed by atoms with Crippen molar-refractivity contribution in [3.63, 3.8) is 0 Å². The first-order chi connectivity index (χ1) is 26.7. The third-order valence-corrected chi connectivity index (χ3v) is 10.8. The number of carbonyl (C=O) groups excluding carboxylic acids is 3. The average Bonchev–Trinajstić information content (AvgIpc) is 3.74. The van der Waals surface area contributed by atoms with Gasteiger partial charge in [-0.05, 0) is 69.4 Å². The molecule has 1 N–H and O–H groups in total. The molecule has 1 saturated carbocycles. The fraction of sp³-hybridized carbons (Fsp3) is 0.419. The van der Waals surface area contributed by atoms with Crippen LogP contribution in [-0.2, 0) is 20.9 Å². The van der Waals surface area contributed by atoms with Crippen molar-refractivity contribution < 1.29 is 33.3 Å². The summed E-state index contributed by atoms with van der Waals surface area (Å²) in [6, 6.07) is 19.9. The fourth-order valence-corrected chi connectivity index (χ4v) is 7.70. The van der Waals surface area contributed by atoms with Gasteiger partial charge >= 0.3 is 12.0 Å². The lowest BCUT2D eigenvalue weighted by atomic mass is 10.1. The zero-order valence-electron chi connectivity index (χ0n) is 32.0. The first-order valence-electron chi connectivity index (χ1n) is 19.2. The molecule has 2 fully saturated rings. The summed E-state index contributed by atoms with van der Waals surface area (Å²) in [4.78, 5) is 55.9. The fourth-order valence-electron chi connectivity index (χ4n) is 7.70. The Morgan fingerprint density at radius 2 is 1.76 bits per heavy atom. The van der Waals surface area contributed by atoms with E-state index >= 15 is 0 Å². The van der Waals surface area contributed by atoms with Gasteiger partial charge in [0.2, 0.25) is 11.8 Å². The summed E-state index contributed by atoms with van der Waals surface area (Å²) in [5.74, 6) is 1.18. The molecule has 7 rings (SSSR count). The third kappa shape index (κ3) is 7.94. The number of aryl methyl sites for hydroxylation is 1. The van der Waals surface area contributed by atoms with Gasteiger partial charge in [0, 0.05) is 36.6 Å². The maximum atomic E-state index is 14.8. The molecule has 0 radical (unpaired) electrons. The lowest BCUT2D eigenvalue weighted by molar-refractivity contribution is -0.149. The monoisotopic (exact) mass is 747 g/mol. The predicted molar refractivity (Wildman–Crippen MR) is 208 cm³/mol. The number of rotatable bonds is 9. The first kappa shape index (κ1) is 37.7. The van der Waals surface area contributed by atoms with E-state index in [1.807, 2.05) is 84.6 Å². The minimum atomic E-state index is -1.18. The van der Waals surface area contributed by atoms with Crippen molar-refractivity contribution in [2.24, 2.45) is 5.92 Å². The molecule has 0 bridgehead atoms. The Morgan fingerprint density at radius 3 is 2.51 bits per heavy atom. The van der Waals surface area contributed by atoms with Gasteiger partial charge < -0.3 is 34.1 Å². The molecule has 12 nitrogen and oxygen atoms in total. The van der Waals surface area contributed by atoms with Crippen LogP contribution in [0, 0.1) is 12.8 Å². The van der Waals surface area contributed by atoms with Gasteiger partial charge in [-0.25, -0.2) is 14.6 Å². The number of nitrogens with one attached hydrogen (secondary N) is 1. The van der Waals surface area contributed by atoms with Crippen molar-refractivity contribution >= 4 is 28.8 Å². The molecule has 1 saturated heterocycles. The molecular weight excluding hydrogens is 699 g/mol. The molecule has 55 heavy (non-hydrogen) atoms. The zero-order valence-corrected chi connectivity index (χ0v) is 32.0. The summed E-state index contributed by atoms with van der Waals surface area (Å²) in [6.07, 6.45) is 7.66. The molecule has 4 atom stereocenters. The molecule has 0 spiro atoms. The van der Waals surface area contributed by atoms with Crippen molar-refractivity contribution in [3.05, 3.63) is 90.0 Å². The van der Waals surface area contributed by atoms with Gasteiger partial charge in [0.25, 0.3) is 0 Å². The van der Waals surface area contributed by atoms with Gasteiger partial charge in [-0.3, -0.25) is 4.79 Å². The van der Waals surface area contributed by atoms with Crippen LogP contribution in [0.2, 0.25) is 0 Å². The van der Waals surface area contributed by atoms with Crippen LogP contribution in [0.1, 0.15) is 56.6 Å². The van der Waals surface area contributed by atoms with Crippen LogP contribution < -0.4 is 19.5 Å². The Balaban J connectivity index is 1.25. The normalized spacial score (nSPS) is 23.5. The molecule has 3 heterocycles. The predicted octanol–water partition coefficient (Wildman–Crippen LogP) is 6.63. The molecule has 3 aliphatic rings. The van der Waals surface area contributed by atoms with Crippen LogP contribution in [0.15, 0.2) is 78.9 Å². The molecular formula is C43H49N5O7. The highest BCUT2D eigenvalue weighted by Crippen LogP contribution is 2.46. The molecule has 12 heteroatoms. The number of benzene rings is 3. The maximum absolute atomic E-state index is 14.8. The number of hydrogen-bond acceptors (Lipinski definition) is 9. The van der Waals surface area contributed by atoms with Crippen molar-refractivity contribution in [1.29, 1.82) is 0 Å². The Hall–Kier alpha value is -5.65. The number of esters is 1. The van der Waals surface area contributed by atoms with E-state index in [0.717, 1.165) is 48.1 Å². The van der Waals surface area contributed by atoms with Crippen LogP contribution in [0.4, 0.5) is 4.79 Å². The molecule has 3 amide bonds. The van der Waals surface area contributed by atoms with Crippen molar-refractivity contribution in [2.75, 3.05) is 33.9 Å². The van der Waals surface area contributed by atoms with Gasteiger partial charge in [-0.15, -0.1) is 0 Å². The maximum Gasteiger partial charge on any atom is 0.332 e.